The maximum atomic E-state index is 12.5. The summed E-state index contributed by atoms with van der Waals surface area (Å²) in [5, 5.41) is 0. The van der Waals surface area contributed by atoms with E-state index in [1.807, 2.05) is 69.3 Å². The van der Waals surface area contributed by atoms with Gasteiger partial charge in [0.2, 0.25) is 0 Å². The highest BCUT2D eigenvalue weighted by Crippen LogP contribution is 2.47. The molecule has 0 N–H and O–H groups in total. The molecule has 1 aliphatic carbocycles. The third kappa shape index (κ3) is 2.79. The van der Waals surface area contributed by atoms with Gasteiger partial charge in [0.15, 0.2) is 0 Å². The molecule has 2 aromatic carbocycles. The summed E-state index contributed by atoms with van der Waals surface area (Å²) < 4.78 is 5.46. The Kier molecular flexibility index (Phi) is 3.80. The first-order valence-electron chi connectivity index (χ1n) is 7.79. The standard InChI is InChI=1S/C20H20O3/c1-20(2,3)23-19(22)17(12-21)18-15-10-6-4-8-13(15)14-9-5-7-11-16(14)18/h4-12,17-18H,1-3H3. The van der Waals surface area contributed by atoms with Crippen LogP contribution in [0.25, 0.3) is 11.1 Å². The molecule has 118 valence electrons. The van der Waals surface area contributed by atoms with Gasteiger partial charge in [-0.25, -0.2) is 0 Å². The Morgan fingerprint density at radius 2 is 1.48 bits per heavy atom. The van der Waals surface area contributed by atoms with Crippen LogP contribution in [0.2, 0.25) is 0 Å². The number of aldehydes is 1. The molecule has 1 atom stereocenters. The number of esters is 1. The summed E-state index contributed by atoms with van der Waals surface area (Å²) in [7, 11) is 0. The quantitative estimate of drug-likeness (QED) is 0.490. The zero-order valence-electron chi connectivity index (χ0n) is 13.6. The molecule has 0 saturated heterocycles. The minimum absolute atomic E-state index is 0.283. The van der Waals surface area contributed by atoms with Gasteiger partial charge in [0, 0.05) is 5.92 Å². The van der Waals surface area contributed by atoms with E-state index in [2.05, 4.69) is 0 Å². The molecule has 0 amide bonds. The topological polar surface area (TPSA) is 43.4 Å². The minimum Gasteiger partial charge on any atom is -0.459 e. The first kappa shape index (κ1) is 15.5. The molecular weight excluding hydrogens is 288 g/mol. The van der Waals surface area contributed by atoms with Crippen LogP contribution >= 0.6 is 0 Å². The van der Waals surface area contributed by atoms with E-state index < -0.39 is 17.5 Å². The van der Waals surface area contributed by atoms with Crippen LogP contribution in [0.4, 0.5) is 0 Å². The van der Waals surface area contributed by atoms with E-state index in [4.69, 9.17) is 4.74 Å². The van der Waals surface area contributed by atoms with Crippen LogP contribution in [0.1, 0.15) is 37.8 Å². The minimum atomic E-state index is -0.834. The van der Waals surface area contributed by atoms with Crippen LogP contribution in [0.3, 0.4) is 0 Å². The van der Waals surface area contributed by atoms with Gasteiger partial charge in [-0.1, -0.05) is 48.5 Å². The zero-order chi connectivity index (χ0) is 16.6. The molecule has 0 spiro atoms. The number of hydrogen-bond donors (Lipinski definition) is 0. The predicted octanol–water partition coefficient (Wildman–Crippen LogP) is 3.96. The molecule has 3 nitrogen and oxygen atoms in total. The first-order chi connectivity index (χ1) is 10.9. The van der Waals surface area contributed by atoms with Crippen molar-refractivity contribution in [1.29, 1.82) is 0 Å². The van der Waals surface area contributed by atoms with Gasteiger partial charge in [0.05, 0.1) is 0 Å². The number of hydrogen-bond acceptors (Lipinski definition) is 3. The van der Waals surface area contributed by atoms with Crippen molar-refractivity contribution in [3.05, 3.63) is 59.7 Å². The second-order valence-corrected chi connectivity index (χ2v) is 6.85. The van der Waals surface area contributed by atoms with E-state index in [1.165, 1.54) is 0 Å². The fourth-order valence-corrected chi connectivity index (χ4v) is 3.22. The Hall–Kier alpha value is -2.42. The molecule has 0 fully saturated rings. The Morgan fingerprint density at radius 1 is 1.00 bits per heavy atom. The molecule has 2 aromatic rings. The van der Waals surface area contributed by atoms with Crippen LogP contribution in [0.5, 0.6) is 0 Å². The highest BCUT2D eigenvalue weighted by atomic mass is 16.6. The van der Waals surface area contributed by atoms with Crippen LogP contribution in [-0.2, 0) is 14.3 Å². The lowest BCUT2D eigenvalue weighted by molar-refractivity contribution is -0.160. The monoisotopic (exact) mass is 308 g/mol. The van der Waals surface area contributed by atoms with Gasteiger partial charge < -0.3 is 9.53 Å². The number of carbonyl (C=O) groups is 2. The lowest BCUT2D eigenvalue weighted by atomic mass is 9.85. The van der Waals surface area contributed by atoms with Crippen LogP contribution in [-0.4, -0.2) is 17.9 Å². The normalized spacial score (nSPS) is 14.7. The average molecular weight is 308 g/mol. The molecule has 0 radical (unpaired) electrons. The summed E-state index contributed by atoms with van der Waals surface area (Å²) in [4.78, 5) is 24.3. The van der Waals surface area contributed by atoms with Gasteiger partial charge in [-0.2, -0.15) is 0 Å². The molecule has 0 aliphatic heterocycles. The summed E-state index contributed by atoms with van der Waals surface area (Å²) in [5.74, 6) is -1.59. The van der Waals surface area contributed by atoms with Crippen molar-refractivity contribution in [2.24, 2.45) is 5.92 Å². The molecule has 23 heavy (non-hydrogen) atoms. The predicted molar refractivity (Wildman–Crippen MR) is 89.1 cm³/mol. The summed E-state index contributed by atoms with van der Waals surface area (Å²) in [6.07, 6.45) is 0.720. The number of fused-ring (bicyclic) bond motifs is 3. The van der Waals surface area contributed by atoms with E-state index in [0.29, 0.717) is 0 Å². The second-order valence-electron chi connectivity index (χ2n) is 6.85. The Labute approximate surface area is 136 Å². The van der Waals surface area contributed by atoms with Crippen LogP contribution < -0.4 is 0 Å². The Morgan fingerprint density at radius 3 is 1.91 bits per heavy atom. The van der Waals surface area contributed by atoms with Crippen molar-refractivity contribution >= 4 is 12.3 Å². The molecule has 3 heteroatoms. The number of rotatable bonds is 3. The molecule has 1 unspecified atom stereocenters. The molecule has 0 bridgehead atoms. The lowest BCUT2D eigenvalue weighted by Crippen LogP contribution is -2.32. The third-order valence-corrected chi connectivity index (χ3v) is 4.07. The number of carbonyl (C=O) groups excluding carboxylic acids is 2. The maximum Gasteiger partial charge on any atom is 0.317 e. The van der Waals surface area contributed by atoms with Crippen molar-refractivity contribution in [1.82, 2.24) is 0 Å². The fourth-order valence-electron chi connectivity index (χ4n) is 3.22. The molecule has 1 aliphatic rings. The molecular formula is C20H20O3. The Bertz CT molecular complexity index is 710. The lowest BCUT2D eigenvalue weighted by Gasteiger charge is -2.25. The van der Waals surface area contributed by atoms with Crippen LogP contribution in [0, 0.1) is 5.92 Å². The molecule has 0 heterocycles. The van der Waals surface area contributed by atoms with Gasteiger partial charge in [0.25, 0.3) is 0 Å². The van der Waals surface area contributed by atoms with Gasteiger partial charge in [-0.15, -0.1) is 0 Å². The number of ether oxygens (including phenoxy) is 1. The van der Waals surface area contributed by atoms with Gasteiger partial charge in [-0.3, -0.25) is 4.79 Å². The summed E-state index contributed by atoms with van der Waals surface area (Å²) >= 11 is 0. The van der Waals surface area contributed by atoms with E-state index in [1.54, 1.807) is 0 Å². The molecule has 3 rings (SSSR count). The highest BCUT2D eigenvalue weighted by Gasteiger charge is 2.39. The third-order valence-electron chi connectivity index (χ3n) is 4.07. The molecule has 0 saturated carbocycles. The van der Waals surface area contributed by atoms with Crippen molar-refractivity contribution < 1.29 is 14.3 Å². The first-order valence-corrected chi connectivity index (χ1v) is 7.79. The molecule has 0 aromatic heterocycles. The SMILES string of the molecule is CC(C)(C)OC(=O)C(C=O)C1c2ccccc2-c2ccccc21. The van der Waals surface area contributed by atoms with Gasteiger partial charge in [0.1, 0.15) is 17.8 Å². The largest absolute Gasteiger partial charge is 0.459 e. The van der Waals surface area contributed by atoms with Crippen molar-refractivity contribution in [3.8, 4) is 11.1 Å². The fraction of sp³-hybridized carbons (Fsp3) is 0.300. The van der Waals surface area contributed by atoms with Gasteiger partial charge >= 0.3 is 5.97 Å². The van der Waals surface area contributed by atoms with E-state index in [-0.39, 0.29) is 5.92 Å². The van der Waals surface area contributed by atoms with E-state index in [0.717, 1.165) is 28.5 Å². The second kappa shape index (κ2) is 5.65. The Balaban J connectivity index is 2.07. The van der Waals surface area contributed by atoms with Gasteiger partial charge in [-0.05, 0) is 43.0 Å². The van der Waals surface area contributed by atoms with Crippen molar-refractivity contribution in [2.75, 3.05) is 0 Å². The summed E-state index contributed by atoms with van der Waals surface area (Å²) in [6, 6.07) is 15.9. The van der Waals surface area contributed by atoms with E-state index in [9.17, 15) is 9.59 Å². The highest BCUT2D eigenvalue weighted by molar-refractivity contribution is 5.93. The summed E-state index contributed by atoms with van der Waals surface area (Å²) in [6.45, 7) is 5.43. The maximum absolute atomic E-state index is 12.5. The van der Waals surface area contributed by atoms with Crippen LogP contribution in [0.15, 0.2) is 48.5 Å². The smallest absolute Gasteiger partial charge is 0.317 e. The number of benzene rings is 2. The summed E-state index contributed by atoms with van der Waals surface area (Å²) in [5.41, 5.74) is 3.58. The zero-order valence-corrected chi connectivity index (χ0v) is 13.6. The van der Waals surface area contributed by atoms with Crippen molar-refractivity contribution in [2.45, 2.75) is 32.3 Å². The van der Waals surface area contributed by atoms with Crippen molar-refractivity contribution in [3.63, 3.8) is 0 Å². The average Bonchev–Trinajstić information content (AvgIpc) is 2.82. The van der Waals surface area contributed by atoms with E-state index >= 15 is 0 Å².